The van der Waals surface area contributed by atoms with Gasteiger partial charge in [0.1, 0.15) is 10.6 Å². The lowest BCUT2D eigenvalue weighted by Crippen LogP contribution is -2.23. The predicted molar refractivity (Wildman–Crippen MR) is 114 cm³/mol. The second-order valence-electron chi connectivity index (χ2n) is 8.14. The van der Waals surface area contributed by atoms with Gasteiger partial charge in [0.15, 0.2) is 11.5 Å². The number of unbranched alkanes of at least 4 members (excludes halogenated alkanes) is 3. The smallest absolute Gasteiger partial charge is 0.306 e. The van der Waals surface area contributed by atoms with Crippen LogP contribution in [0, 0.1) is 0 Å². The van der Waals surface area contributed by atoms with Crippen molar-refractivity contribution in [2.75, 3.05) is 13.3 Å². The first-order valence-electron chi connectivity index (χ1n) is 10.2. The Balaban J connectivity index is 1.29. The number of carbonyl (C=O) groups excluding carboxylic acids is 1. The fourth-order valence-corrected chi connectivity index (χ4v) is 3.85. The van der Waals surface area contributed by atoms with Gasteiger partial charge in [-0.15, -0.1) is 11.3 Å². The number of benzene rings is 1. The number of esters is 1. The second-order valence-corrected chi connectivity index (χ2v) is 9.00. The summed E-state index contributed by atoms with van der Waals surface area (Å²) in [5, 5.41) is 6.53. The van der Waals surface area contributed by atoms with Gasteiger partial charge in [-0.05, 0) is 58.4 Å². The number of hydrogen-bond donors (Lipinski definition) is 1. The summed E-state index contributed by atoms with van der Waals surface area (Å²) in [5.41, 5.74) is 1.71. The topological polar surface area (TPSA) is 69.7 Å². The van der Waals surface area contributed by atoms with Crippen molar-refractivity contribution in [1.29, 1.82) is 0 Å². The first kappa shape index (κ1) is 21.6. The summed E-state index contributed by atoms with van der Waals surface area (Å²) in [6, 6.07) is 5.93. The summed E-state index contributed by atoms with van der Waals surface area (Å²) < 4.78 is 16.1. The van der Waals surface area contributed by atoms with Crippen LogP contribution in [-0.4, -0.2) is 29.9 Å². The Morgan fingerprint density at radius 3 is 2.79 bits per heavy atom. The first-order chi connectivity index (χ1) is 13.9. The Morgan fingerprint density at radius 2 is 1.97 bits per heavy atom. The molecule has 0 saturated heterocycles. The summed E-state index contributed by atoms with van der Waals surface area (Å²) in [5.74, 6) is 1.47. The number of nitrogens with one attached hydrogen (secondary N) is 1. The Hall–Kier alpha value is -2.12. The molecule has 1 N–H and O–H groups in total. The molecule has 0 spiro atoms. The molecule has 7 heteroatoms. The van der Waals surface area contributed by atoms with Crippen LogP contribution in [0.4, 0.5) is 0 Å². The minimum absolute atomic E-state index is 0.0996. The van der Waals surface area contributed by atoms with Gasteiger partial charge in [0.2, 0.25) is 6.79 Å². The van der Waals surface area contributed by atoms with Gasteiger partial charge < -0.3 is 19.5 Å². The van der Waals surface area contributed by atoms with E-state index in [1.807, 2.05) is 39.0 Å². The Kier molecular flexibility index (Phi) is 7.50. The minimum Gasteiger partial charge on any atom is -0.460 e. The molecule has 2 heterocycles. The summed E-state index contributed by atoms with van der Waals surface area (Å²) in [6.07, 6.45) is 4.64. The van der Waals surface area contributed by atoms with Crippen molar-refractivity contribution in [3.8, 4) is 22.1 Å². The van der Waals surface area contributed by atoms with Gasteiger partial charge in [0, 0.05) is 23.9 Å². The highest BCUT2D eigenvalue weighted by Gasteiger charge is 2.16. The van der Waals surface area contributed by atoms with E-state index in [4.69, 9.17) is 19.2 Å². The molecule has 1 aliphatic heterocycles. The molecule has 0 unspecified atom stereocenters. The third kappa shape index (κ3) is 7.01. The lowest BCUT2D eigenvalue weighted by atomic mass is 10.1. The van der Waals surface area contributed by atoms with E-state index in [2.05, 4.69) is 10.7 Å². The molecule has 2 aromatic rings. The van der Waals surface area contributed by atoms with Crippen LogP contribution >= 0.6 is 11.3 Å². The van der Waals surface area contributed by atoms with E-state index >= 15 is 0 Å². The Labute approximate surface area is 176 Å². The van der Waals surface area contributed by atoms with Gasteiger partial charge in [0.05, 0.1) is 5.69 Å². The van der Waals surface area contributed by atoms with Gasteiger partial charge in [-0.3, -0.25) is 4.79 Å². The molecule has 0 radical (unpaired) electrons. The number of carbonyl (C=O) groups is 1. The van der Waals surface area contributed by atoms with Crippen LogP contribution in [0.5, 0.6) is 11.5 Å². The van der Waals surface area contributed by atoms with Crippen LogP contribution in [0.15, 0.2) is 23.6 Å². The monoisotopic (exact) mass is 418 g/mol. The molecule has 1 aliphatic rings. The van der Waals surface area contributed by atoms with Crippen molar-refractivity contribution in [2.45, 2.75) is 65.0 Å². The Bertz CT molecular complexity index is 813. The van der Waals surface area contributed by atoms with Crippen LogP contribution in [0.25, 0.3) is 10.6 Å². The third-order valence-electron chi connectivity index (χ3n) is 4.38. The molecule has 0 fully saturated rings. The maximum absolute atomic E-state index is 11.7. The zero-order chi connectivity index (χ0) is 20.7. The fourth-order valence-electron chi connectivity index (χ4n) is 3.03. The molecule has 0 amide bonds. The fraction of sp³-hybridized carbons (Fsp3) is 0.545. The van der Waals surface area contributed by atoms with Crippen LogP contribution < -0.4 is 14.8 Å². The largest absolute Gasteiger partial charge is 0.460 e. The summed E-state index contributed by atoms with van der Waals surface area (Å²) in [6.45, 7) is 7.69. The lowest BCUT2D eigenvalue weighted by molar-refractivity contribution is -0.154. The van der Waals surface area contributed by atoms with Gasteiger partial charge in [-0.2, -0.15) is 0 Å². The Morgan fingerprint density at radius 1 is 1.17 bits per heavy atom. The number of rotatable bonds is 10. The summed E-state index contributed by atoms with van der Waals surface area (Å²) >= 11 is 1.64. The molecule has 1 aromatic heterocycles. The maximum Gasteiger partial charge on any atom is 0.306 e. The first-order valence-corrected chi connectivity index (χ1v) is 11.1. The highest BCUT2D eigenvalue weighted by atomic mass is 32.1. The number of ether oxygens (including phenoxy) is 3. The molecular formula is C22H30N2O4S. The molecule has 1 aromatic carbocycles. The van der Waals surface area contributed by atoms with Gasteiger partial charge in [0.25, 0.3) is 0 Å². The predicted octanol–water partition coefficient (Wildman–Crippen LogP) is 4.92. The van der Waals surface area contributed by atoms with E-state index in [-0.39, 0.29) is 18.4 Å². The SMILES string of the molecule is CC(C)(C)OC(=O)CCCCCCNCc1csc(-c2ccc3c(c2)OCO3)n1. The number of hydrogen-bond acceptors (Lipinski definition) is 7. The highest BCUT2D eigenvalue weighted by Crippen LogP contribution is 2.36. The van der Waals surface area contributed by atoms with E-state index in [9.17, 15) is 4.79 Å². The van der Waals surface area contributed by atoms with Crippen LogP contribution in [0.2, 0.25) is 0 Å². The number of thiazole rings is 1. The molecule has 158 valence electrons. The average molecular weight is 419 g/mol. The minimum atomic E-state index is -0.390. The molecule has 0 saturated carbocycles. The zero-order valence-electron chi connectivity index (χ0n) is 17.5. The van der Waals surface area contributed by atoms with E-state index in [0.717, 1.165) is 66.5 Å². The lowest BCUT2D eigenvalue weighted by Gasteiger charge is -2.19. The average Bonchev–Trinajstić information content (AvgIpc) is 3.30. The third-order valence-corrected chi connectivity index (χ3v) is 5.32. The van der Waals surface area contributed by atoms with E-state index in [1.54, 1.807) is 11.3 Å². The van der Waals surface area contributed by atoms with Crippen LogP contribution in [-0.2, 0) is 16.1 Å². The number of nitrogens with zero attached hydrogens (tertiary/aromatic N) is 1. The van der Waals surface area contributed by atoms with Crippen LogP contribution in [0.3, 0.4) is 0 Å². The molecule has 3 rings (SSSR count). The summed E-state index contributed by atoms with van der Waals surface area (Å²) in [4.78, 5) is 16.4. The molecule has 0 aliphatic carbocycles. The number of fused-ring (bicyclic) bond motifs is 1. The van der Waals surface area contributed by atoms with Crippen molar-refractivity contribution < 1.29 is 19.0 Å². The van der Waals surface area contributed by atoms with Crippen molar-refractivity contribution in [3.63, 3.8) is 0 Å². The normalized spacial score (nSPS) is 12.9. The molecule has 6 nitrogen and oxygen atoms in total. The zero-order valence-corrected chi connectivity index (χ0v) is 18.3. The van der Waals surface area contributed by atoms with Gasteiger partial charge >= 0.3 is 5.97 Å². The van der Waals surface area contributed by atoms with E-state index < -0.39 is 0 Å². The van der Waals surface area contributed by atoms with Crippen LogP contribution in [0.1, 0.15) is 58.6 Å². The van der Waals surface area contributed by atoms with E-state index in [1.165, 1.54) is 0 Å². The van der Waals surface area contributed by atoms with E-state index in [0.29, 0.717) is 6.42 Å². The standard InChI is InChI=1S/C22H30N2O4S/c1-22(2,3)28-20(25)8-6-4-5-7-11-23-13-17-14-29-21(24-17)16-9-10-18-19(12-16)27-15-26-18/h9-10,12,14,23H,4-8,11,13,15H2,1-3H3. The molecule has 0 atom stereocenters. The molecular weight excluding hydrogens is 388 g/mol. The summed E-state index contributed by atoms with van der Waals surface area (Å²) in [7, 11) is 0. The van der Waals surface area contributed by atoms with Crippen molar-refractivity contribution >= 4 is 17.3 Å². The second kappa shape index (κ2) is 10.1. The van der Waals surface area contributed by atoms with Crippen molar-refractivity contribution in [3.05, 3.63) is 29.3 Å². The maximum atomic E-state index is 11.7. The highest BCUT2D eigenvalue weighted by molar-refractivity contribution is 7.13. The van der Waals surface area contributed by atoms with Crippen molar-refractivity contribution in [1.82, 2.24) is 10.3 Å². The number of aromatic nitrogens is 1. The quantitative estimate of drug-likeness (QED) is 0.436. The van der Waals surface area contributed by atoms with Gasteiger partial charge in [-0.25, -0.2) is 4.98 Å². The van der Waals surface area contributed by atoms with Gasteiger partial charge in [-0.1, -0.05) is 12.8 Å². The molecule has 0 bridgehead atoms. The van der Waals surface area contributed by atoms with Crippen molar-refractivity contribution in [2.24, 2.45) is 0 Å². The molecule has 29 heavy (non-hydrogen) atoms.